The molecule has 1 heterocycles. The van der Waals surface area contributed by atoms with Crippen LogP contribution in [0.2, 0.25) is 0 Å². The second kappa shape index (κ2) is 11.3. The summed E-state index contributed by atoms with van der Waals surface area (Å²) in [4.78, 5) is 4.80. The van der Waals surface area contributed by atoms with Gasteiger partial charge in [-0.25, -0.2) is 0 Å². The summed E-state index contributed by atoms with van der Waals surface area (Å²) in [5.74, 6) is 0. The lowest BCUT2D eigenvalue weighted by Gasteiger charge is -2.30. The third kappa shape index (κ3) is 7.03. The van der Waals surface area contributed by atoms with E-state index in [9.17, 15) is 0 Å². The maximum atomic E-state index is 5.91. The van der Waals surface area contributed by atoms with Crippen LogP contribution < -0.4 is 5.32 Å². The Morgan fingerprint density at radius 1 is 1.03 bits per heavy atom. The van der Waals surface area contributed by atoms with Crippen LogP contribution in [-0.2, 0) is 16.7 Å². The van der Waals surface area contributed by atoms with Gasteiger partial charge in [0.15, 0.2) is 5.11 Å². The van der Waals surface area contributed by atoms with Gasteiger partial charge in [0.2, 0.25) is 0 Å². The number of rotatable bonds is 7. The van der Waals surface area contributed by atoms with Crippen LogP contribution >= 0.6 is 12.2 Å². The van der Waals surface area contributed by atoms with Gasteiger partial charge in [0.05, 0.1) is 13.2 Å². The summed E-state index contributed by atoms with van der Waals surface area (Å²) in [6.07, 6.45) is 1.08. The summed E-state index contributed by atoms with van der Waals surface area (Å²) < 4.78 is 5.48. The minimum Gasteiger partial charge on any atom is -0.379 e. The largest absolute Gasteiger partial charge is 0.379 e. The lowest BCUT2D eigenvalue weighted by Crippen LogP contribution is -2.40. The zero-order valence-corrected chi connectivity index (χ0v) is 21.2. The Bertz CT molecular complexity index is 863. The zero-order chi connectivity index (χ0) is 23.1. The van der Waals surface area contributed by atoms with E-state index in [0.717, 1.165) is 63.2 Å². The summed E-state index contributed by atoms with van der Waals surface area (Å²) in [6, 6.07) is 15.4. The van der Waals surface area contributed by atoms with Crippen LogP contribution in [0.1, 0.15) is 49.4 Å². The molecular formula is C27H39N3OS. The monoisotopic (exact) mass is 453 g/mol. The van der Waals surface area contributed by atoms with Crippen LogP contribution in [0.4, 0.5) is 5.69 Å². The molecule has 0 aromatic heterocycles. The van der Waals surface area contributed by atoms with Crippen LogP contribution in [0, 0.1) is 13.8 Å². The Labute approximate surface area is 199 Å². The number of morpholine rings is 1. The Kier molecular flexibility index (Phi) is 8.69. The van der Waals surface area contributed by atoms with Crippen molar-refractivity contribution < 1.29 is 4.74 Å². The predicted molar refractivity (Wildman–Crippen MR) is 140 cm³/mol. The standard InChI is InChI=1S/C27H39N3OS/c1-21-8-6-9-22(2)25(21)28-26(32)30(15-7-14-29-16-18-31-19-17-29)20-23-10-12-24(13-11-23)27(3,4)5/h6,8-13H,7,14-20H2,1-5H3,(H,28,32). The van der Waals surface area contributed by atoms with Gasteiger partial charge in [-0.1, -0.05) is 63.2 Å². The lowest BCUT2D eigenvalue weighted by molar-refractivity contribution is 0.0368. The molecule has 0 aliphatic carbocycles. The summed E-state index contributed by atoms with van der Waals surface area (Å²) in [6.45, 7) is 17.6. The molecule has 0 amide bonds. The normalized spacial score (nSPS) is 14.9. The summed E-state index contributed by atoms with van der Waals surface area (Å²) in [5.41, 5.74) is 6.37. The first-order chi connectivity index (χ1) is 15.2. The Balaban J connectivity index is 1.70. The number of thiocarbonyl (C=S) groups is 1. The van der Waals surface area contributed by atoms with E-state index in [1.165, 1.54) is 22.3 Å². The van der Waals surface area contributed by atoms with Crippen molar-refractivity contribution in [3.8, 4) is 0 Å². The molecule has 1 N–H and O–H groups in total. The number of para-hydroxylation sites is 1. The first-order valence-electron chi connectivity index (χ1n) is 11.8. The third-order valence-electron chi connectivity index (χ3n) is 6.20. The van der Waals surface area contributed by atoms with Crippen molar-refractivity contribution in [1.29, 1.82) is 0 Å². The maximum absolute atomic E-state index is 5.91. The summed E-state index contributed by atoms with van der Waals surface area (Å²) in [7, 11) is 0. The summed E-state index contributed by atoms with van der Waals surface area (Å²) in [5, 5.41) is 4.34. The van der Waals surface area contributed by atoms with E-state index < -0.39 is 0 Å². The molecule has 2 aromatic carbocycles. The quantitative estimate of drug-likeness (QED) is 0.557. The lowest BCUT2D eigenvalue weighted by atomic mass is 9.87. The Morgan fingerprint density at radius 3 is 2.25 bits per heavy atom. The van der Waals surface area contributed by atoms with Crippen molar-refractivity contribution >= 4 is 23.0 Å². The van der Waals surface area contributed by atoms with Crippen LogP contribution in [0.15, 0.2) is 42.5 Å². The van der Waals surface area contributed by atoms with E-state index in [1.807, 2.05) is 0 Å². The van der Waals surface area contributed by atoms with Gasteiger partial charge in [-0.2, -0.15) is 0 Å². The average Bonchev–Trinajstić information content (AvgIpc) is 2.76. The Morgan fingerprint density at radius 2 is 1.66 bits per heavy atom. The van der Waals surface area contributed by atoms with Crippen molar-refractivity contribution in [2.75, 3.05) is 44.7 Å². The van der Waals surface area contributed by atoms with E-state index >= 15 is 0 Å². The van der Waals surface area contributed by atoms with Gasteiger partial charge >= 0.3 is 0 Å². The highest BCUT2D eigenvalue weighted by molar-refractivity contribution is 7.80. The van der Waals surface area contributed by atoms with Crippen molar-refractivity contribution in [3.05, 3.63) is 64.7 Å². The number of nitrogens with zero attached hydrogens (tertiary/aromatic N) is 2. The van der Waals surface area contributed by atoms with E-state index in [2.05, 4.69) is 92.2 Å². The first kappa shape index (κ1) is 24.7. The highest BCUT2D eigenvalue weighted by atomic mass is 32.1. The second-order valence-electron chi connectivity index (χ2n) is 9.87. The van der Waals surface area contributed by atoms with Crippen molar-refractivity contribution in [2.45, 2.75) is 53.0 Å². The molecule has 3 rings (SSSR count). The highest BCUT2D eigenvalue weighted by Crippen LogP contribution is 2.23. The van der Waals surface area contributed by atoms with E-state index in [4.69, 9.17) is 17.0 Å². The molecule has 5 heteroatoms. The number of aryl methyl sites for hydroxylation is 2. The molecular weight excluding hydrogens is 414 g/mol. The fraction of sp³-hybridized carbons (Fsp3) is 0.519. The fourth-order valence-electron chi connectivity index (χ4n) is 4.09. The van der Waals surface area contributed by atoms with E-state index in [0.29, 0.717) is 0 Å². The number of hydrogen-bond acceptors (Lipinski definition) is 3. The van der Waals surface area contributed by atoms with Crippen molar-refractivity contribution in [3.63, 3.8) is 0 Å². The molecule has 2 aromatic rings. The molecule has 0 radical (unpaired) electrons. The third-order valence-corrected chi connectivity index (χ3v) is 6.56. The fourth-order valence-corrected chi connectivity index (χ4v) is 4.35. The molecule has 174 valence electrons. The SMILES string of the molecule is Cc1cccc(C)c1NC(=S)N(CCCN1CCOCC1)Cc1ccc(C(C)(C)C)cc1. The van der Waals surface area contributed by atoms with Crippen molar-refractivity contribution in [2.24, 2.45) is 0 Å². The molecule has 0 bridgehead atoms. The number of benzene rings is 2. The number of hydrogen-bond donors (Lipinski definition) is 1. The molecule has 0 spiro atoms. The topological polar surface area (TPSA) is 27.7 Å². The van der Waals surface area contributed by atoms with E-state index in [-0.39, 0.29) is 5.41 Å². The smallest absolute Gasteiger partial charge is 0.173 e. The number of anilines is 1. The zero-order valence-electron chi connectivity index (χ0n) is 20.4. The molecule has 1 fully saturated rings. The van der Waals surface area contributed by atoms with Crippen LogP contribution in [0.3, 0.4) is 0 Å². The number of nitrogens with one attached hydrogen (secondary N) is 1. The van der Waals surface area contributed by atoms with Crippen LogP contribution in [0.25, 0.3) is 0 Å². The van der Waals surface area contributed by atoms with Crippen molar-refractivity contribution in [1.82, 2.24) is 9.80 Å². The molecule has 32 heavy (non-hydrogen) atoms. The highest BCUT2D eigenvalue weighted by Gasteiger charge is 2.17. The maximum Gasteiger partial charge on any atom is 0.173 e. The first-order valence-corrected chi connectivity index (χ1v) is 12.2. The minimum absolute atomic E-state index is 0.162. The van der Waals surface area contributed by atoms with Crippen LogP contribution in [-0.4, -0.2) is 54.3 Å². The molecule has 4 nitrogen and oxygen atoms in total. The molecule has 0 unspecified atom stereocenters. The molecule has 0 saturated carbocycles. The van der Waals surface area contributed by atoms with Gasteiger partial charge in [0, 0.05) is 38.4 Å². The number of ether oxygens (including phenoxy) is 1. The van der Waals surface area contributed by atoms with Gasteiger partial charge in [0.25, 0.3) is 0 Å². The second-order valence-corrected chi connectivity index (χ2v) is 10.3. The minimum atomic E-state index is 0.162. The van der Waals surface area contributed by atoms with Gasteiger partial charge in [-0.15, -0.1) is 0 Å². The molecule has 1 aliphatic rings. The van der Waals surface area contributed by atoms with Crippen LogP contribution in [0.5, 0.6) is 0 Å². The van der Waals surface area contributed by atoms with Gasteiger partial charge in [-0.3, -0.25) is 4.90 Å². The molecule has 1 saturated heterocycles. The molecule has 1 aliphatic heterocycles. The predicted octanol–water partition coefficient (Wildman–Crippen LogP) is 5.52. The van der Waals surface area contributed by atoms with Gasteiger partial charge in [-0.05, 0) is 60.2 Å². The van der Waals surface area contributed by atoms with Gasteiger partial charge in [0.1, 0.15) is 0 Å². The Hall–Kier alpha value is -1.95. The van der Waals surface area contributed by atoms with E-state index in [1.54, 1.807) is 0 Å². The average molecular weight is 454 g/mol. The van der Waals surface area contributed by atoms with Gasteiger partial charge < -0.3 is 15.0 Å². The summed E-state index contributed by atoms with van der Waals surface area (Å²) >= 11 is 5.91. The molecule has 0 atom stereocenters.